The van der Waals surface area contributed by atoms with Crippen molar-refractivity contribution >= 4 is 11.8 Å². The van der Waals surface area contributed by atoms with E-state index in [1.54, 1.807) is 11.8 Å². The quantitative estimate of drug-likeness (QED) is 0.795. The average molecular weight is 221 g/mol. The largest absolute Gasteiger partial charge is 0.391 e. The first-order valence-electron chi connectivity index (χ1n) is 4.94. The van der Waals surface area contributed by atoms with Crippen LogP contribution < -0.4 is 0 Å². The van der Waals surface area contributed by atoms with Gasteiger partial charge < -0.3 is 5.11 Å². The van der Waals surface area contributed by atoms with Crippen molar-refractivity contribution in [1.82, 2.24) is 0 Å². The Balaban J connectivity index is 2.89. The molecule has 2 nitrogen and oxygen atoms in total. The van der Waals surface area contributed by atoms with E-state index in [1.165, 1.54) is 4.90 Å². The number of thioether (sulfide) groups is 1. The van der Waals surface area contributed by atoms with Crippen LogP contribution in [0.4, 0.5) is 0 Å². The second-order valence-electron chi connectivity index (χ2n) is 3.36. The van der Waals surface area contributed by atoms with Gasteiger partial charge in [-0.05, 0) is 30.4 Å². The van der Waals surface area contributed by atoms with Crippen LogP contribution in [-0.4, -0.2) is 17.5 Å². The van der Waals surface area contributed by atoms with Crippen molar-refractivity contribution in [2.75, 3.05) is 6.26 Å². The third-order valence-corrected chi connectivity index (χ3v) is 3.16. The van der Waals surface area contributed by atoms with Crippen LogP contribution in [0.5, 0.6) is 0 Å². The highest BCUT2D eigenvalue weighted by Gasteiger charge is 2.18. The van der Waals surface area contributed by atoms with Gasteiger partial charge in [-0.3, -0.25) is 0 Å². The van der Waals surface area contributed by atoms with Gasteiger partial charge in [-0.15, -0.1) is 11.8 Å². The smallest absolute Gasteiger partial charge is 0.0971 e. The molecule has 2 unspecified atom stereocenters. The molecule has 0 aliphatic carbocycles. The van der Waals surface area contributed by atoms with Gasteiger partial charge in [0, 0.05) is 4.90 Å². The highest BCUT2D eigenvalue weighted by Crippen LogP contribution is 2.23. The van der Waals surface area contributed by atoms with Crippen LogP contribution in [0, 0.1) is 11.3 Å². The monoisotopic (exact) mass is 221 g/mol. The number of hydrogen-bond acceptors (Lipinski definition) is 3. The fourth-order valence-electron chi connectivity index (χ4n) is 1.43. The predicted molar refractivity (Wildman–Crippen MR) is 62.9 cm³/mol. The number of hydrogen-bond donors (Lipinski definition) is 1. The zero-order chi connectivity index (χ0) is 11.3. The van der Waals surface area contributed by atoms with Crippen LogP contribution in [0.25, 0.3) is 0 Å². The van der Waals surface area contributed by atoms with Gasteiger partial charge >= 0.3 is 0 Å². The van der Waals surface area contributed by atoms with Crippen LogP contribution in [0.1, 0.15) is 24.8 Å². The minimum Gasteiger partial charge on any atom is -0.391 e. The molecule has 0 spiro atoms. The van der Waals surface area contributed by atoms with Crippen molar-refractivity contribution in [2.24, 2.45) is 0 Å². The van der Waals surface area contributed by atoms with E-state index in [4.69, 9.17) is 5.26 Å². The molecule has 0 fully saturated rings. The number of aliphatic hydroxyl groups excluding tert-OH is 1. The minimum atomic E-state index is -0.574. The number of rotatable bonds is 4. The van der Waals surface area contributed by atoms with E-state index in [1.807, 2.05) is 37.4 Å². The van der Waals surface area contributed by atoms with Crippen molar-refractivity contribution in [3.63, 3.8) is 0 Å². The molecule has 1 aromatic rings. The molecule has 3 heteroatoms. The van der Waals surface area contributed by atoms with Gasteiger partial charge in [-0.25, -0.2) is 0 Å². The minimum absolute atomic E-state index is 0.411. The third-order valence-electron chi connectivity index (χ3n) is 2.42. The van der Waals surface area contributed by atoms with Gasteiger partial charge in [0.05, 0.1) is 18.1 Å². The predicted octanol–water partition coefficient (Wildman–Crippen LogP) is 2.79. The maximum atomic E-state index is 9.67. The van der Waals surface area contributed by atoms with Gasteiger partial charge in [0.25, 0.3) is 0 Å². The number of nitrogens with zero attached hydrogens (tertiary/aromatic N) is 1. The maximum Gasteiger partial charge on any atom is 0.0971 e. The first-order chi connectivity index (χ1) is 7.22. The summed E-state index contributed by atoms with van der Waals surface area (Å²) in [4.78, 5) is 1.17. The van der Waals surface area contributed by atoms with Crippen LogP contribution in [0.15, 0.2) is 29.2 Å². The van der Waals surface area contributed by atoms with E-state index >= 15 is 0 Å². The van der Waals surface area contributed by atoms with Crippen molar-refractivity contribution in [3.8, 4) is 6.07 Å². The van der Waals surface area contributed by atoms with Gasteiger partial charge in [0.1, 0.15) is 0 Å². The number of benzene rings is 1. The van der Waals surface area contributed by atoms with E-state index in [0.29, 0.717) is 6.42 Å². The molecule has 0 bridgehead atoms. The Bertz CT molecular complexity index is 342. The van der Waals surface area contributed by atoms with E-state index < -0.39 is 12.0 Å². The van der Waals surface area contributed by atoms with Crippen LogP contribution >= 0.6 is 11.8 Å². The van der Waals surface area contributed by atoms with E-state index in [9.17, 15) is 5.11 Å². The molecule has 0 saturated carbocycles. The molecule has 0 saturated heterocycles. The van der Waals surface area contributed by atoms with E-state index in [-0.39, 0.29) is 0 Å². The molecule has 0 aliphatic rings. The zero-order valence-corrected chi connectivity index (χ0v) is 9.79. The normalized spacial score (nSPS) is 14.3. The molecule has 1 rings (SSSR count). The fourth-order valence-corrected chi connectivity index (χ4v) is 1.84. The number of nitriles is 1. The van der Waals surface area contributed by atoms with Crippen molar-refractivity contribution < 1.29 is 5.11 Å². The summed E-state index contributed by atoms with van der Waals surface area (Å²) in [6.45, 7) is 1.88. The summed E-state index contributed by atoms with van der Waals surface area (Å²) in [6.07, 6.45) is 2.04. The maximum absolute atomic E-state index is 9.67. The second-order valence-corrected chi connectivity index (χ2v) is 4.24. The fraction of sp³-hybridized carbons (Fsp3) is 0.417. The molecule has 1 N–H and O–H groups in total. The van der Waals surface area contributed by atoms with Gasteiger partial charge in [0.2, 0.25) is 0 Å². The van der Waals surface area contributed by atoms with Crippen LogP contribution in [-0.2, 0) is 0 Å². The molecule has 2 atom stereocenters. The lowest BCUT2D eigenvalue weighted by molar-refractivity contribution is 0.157. The van der Waals surface area contributed by atoms with E-state index in [0.717, 1.165) is 5.56 Å². The summed E-state index contributed by atoms with van der Waals surface area (Å²) in [5.41, 5.74) is 0.893. The SMILES string of the molecule is CCC(O)C(C#N)c1ccc(SC)cc1. The highest BCUT2D eigenvalue weighted by atomic mass is 32.2. The molecule has 1 aromatic carbocycles. The summed E-state index contributed by atoms with van der Waals surface area (Å²) >= 11 is 1.67. The Hall–Kier alpha value is -0.980. The van der Waals surface area contributed by atoms with Crippen molar-refractivity contribution in [3.05, 3.63) is 29.8 Å². The Morgan fingerprint density at radius 1 is 1.40 bits per heavy atom. The summed E-state index contributed by atoms with van der Waals surface area (Å²) in [5.74, 6) is -0.411. The highest BCUT2D eigenvalue weighted by molar-refractivity contribution is 7.98. The van der Waals surface area contributed by atoms with Crippen molar-refractivity contribution in [1.29, 1.82) is 5.26 Å². The van der Waals surface area contributed by atoms with Gasteiger partial charge in [-0.1, -0.05) is 19.1 Å². The van der Waals surface area contributed by atoms with Crippen LogP contribution in [0.3, 0.4) is 0 Å². The zero-order valence-electron chi connectivity index (χ0n) is 8.97. The summed E-state index contributed by atoms with van der Waals surface area (Å²) in [6, 6.07) is 9.94. The lowest BCUT2D eigenvalue weighted by atomic mass is 9.93. The number of aliphatic hydroxyl groups is 1. The Kier molecular flexibility index (Phi) is 4.67. The Morgan fingerprint density at radius 3 is 2.40 bits per heavy atom. The molecular formula is C12H15NOS. The average Bonchev–Trinajstić information content (AvgIpc) is 2.30. The molecule has 0 aromatic heterocycles. The topological polar surface area (TPSA) is 44.0 Å². The third kappa shape index (κ3) is 2.98. The Labute approximate surface area is 94.9 Å². The molecule has 0 aliphatic heterocycles. The van der Waals surface area contributed by atoms with Gasteiger partial charge in [0.15, 0.2) is 0 Å². The summed E-state index contributed by atoms with van der Waals surface area (Å²) in [7, 11) is 0. The molecule has 0 radical (unpaired) electrons. The van der Waals surface area contributed by atoms with Crippen LogP contribution in [0.2, 0.25) is 0 Å². The first kappa shape index (κ1) is 12.1. The van der Waals surface area contributed by atoms with Crippen molar-refractivity contribution in [2.45, 2.75) is 30.3 Å². The lowest BCUT2D eigenvalue weighted by Gasteiger charge is -2.15. The standard InChI is InChI=1S/C12H15NOS/c1-3-12(14)11(8-13)9-4-6-10(15-2)7-5-9/h4-7,11-12,14H,3H2,1-2H3. The van der Waals surface area contributed by atoms with E-state index in [2.05, 4.69) is 6.07 Å². The first-order valence-corrected chi connectivity index (χ1v) is 6.17. The second kappa shape index (κ2) is 5.79. The molecular weight excluding hydrogens is 206 g/mol. The Morgan fingerprint density at radius 2 is 2.00 bits per heavy atom. The lowest BCUT2D eigenvalue weighted by Crippen LogP contribution is -2.15. The molecule has 15 heavy (non-hydrogen) atoms. The molecule has 80 valence electrons. The molecule has 0 amide bonds. The van der Waals surface area contributed by atoms with Gasteiger partial charge in [-0.2, -0.15) is 5.26 Å². The molecule has 0 heterocycles. The summed E-state index contributed by atoms with van der Waals surface area (Å²) in [5, 5.41) is 18.7. The summed E-state index contributed by atoms with van der Waals surface area (Å²) < 4.78 is 0.